The molecule has 1 atom stereocenters. The van der Waals surface area contributed by atoms with Crippen molar-refractivity contribution in [3.8, 4) is 5.75 Å². The summed E-state index contributed by atoms with van der Waals surface area (Å²) in [6.07, 6.45) is -0.555. The summed E-state index contributed by atoms with van der Waals surface area (Å²) < 4.78 is 18.0. The van der Waals surface area contributed by atoms with Crippen LogP contribution in [0.2, 0.25) is 10.0 Å². The van der Waals surface area contributed by atoms with Gasteiger partial charge in [0, 0.05) is 6.54 Å². The van der Waals surface area contributed by atoms with E-state index >= 15 is 0 Å². The van der Waals surface area contributed by atoms with E-state index < -0.39 is 12.0 Å². The molecular weight excluding hydrogens is 356 g/mol. The molecule has 0 aromatic heterocycles. The van der Waals surface area contributed by atoms with Crippen LogP contribution in [0.15, 0.2) is 36.4 Å². The van der Waals surface area contributed by atoms with Crippen LogP contribution in [0.5, 0.6) is 5.75 Å². The van der Waals surface area contributed by atoms with Crippen LogP contribution in [0.4, 0.5) is 4.39 Å². The van der Waals surface area contributed by atoms with Crippen molar-refractivity contribution in [3.05, 3.63) is 63.4 Å². The van der Waals surface area contributed by atoms with Crippen molar-refractivity contribution >= 4 is 29.1 Å². The van der Waals surface area contributed by atoms with Gasteiger partial charge in [0.15, 0.2) is 5.75 Å². The predicted octanol–water partition coefficient (Wildman–Crippen LogP) is 3.99. The van der Waals surface area contributed by atoms with Gasteiger partial charge in [-0.05, 0) is 36.2 Å². The second-order valence-electron chi connectivity index (χ2n) is 5.05. The van der Waals surface area contributed by atoms with E-state index in [4.69, 9.17) is 27.9 Å². The smallest absolute Gasteiger partial charge is 0.256 e. The number of aliphatic hydroxyl groups excluding tert-OH is 1. The van der Waals surface area contributed by atoms with E-state index in [1.54, 1.807) is 0 Å². The maximum absolute atomic E-state index is 12.9. The number of hydrogen-bond acceptors (Lipinski definition) is 3. The first-order valence-electron chi connectivity index (χ1n) is 7.17. The van der Waals surface area contributed by atoms with Crippen molar-refractivity contribution in [3.63, 3.8) is 0 Å². The van der Waals surface area contributed by atoms with Gasteiger partial charge in [-0.2, -0.15) is 0 Å². The third-order valence-corrected chi connectivity index (χ3v) is 4.06. The van der Waals surface area contributed by atoms with E-state index in [9.17, 15) is 14.3 Å². The molecule has 0 heterocycles. The van der Waals surface area contributed by atoms with Gasteiger partial charge in [-0.3, -0.25) is 4.79 Å². The van der Waals surface area contributed by atoms with E-state index in [0.717, 1.165) is 0 Å². The summed E-state index contributed by atoms with van der Waals surface area (Å²) in [6, 6.07) is 8.59. The van der Waals surface area contributed by atoms with Crippen LogP contribution in [0, 0.1) is 5.82 Å². The molecule has 0 aliphatic rings. The SMILES string of the molecule is COc1c(Cl)ccc(Cl)c1C(=O)NCCC(O)c1ccc(F)cc1. The first-order valence-corrected chi connectivity index (χ1v) is 7.93. The second kappa shape index (κ2) is 8.33. The third kappa shape index (κ3) is 4.38. The van der Waals surface area contributed by atoms with E-state index in [1.165, 1.54) is 43.5 Å². The van der Waals surface area contributed by atoms with Crippen LogP contribution in [0.3, 0.4) is 0 Å². The highest BCUT2D eigenvalue weighted by Gasteiger charge is 2.19. The molecule has 0 aliphatic carbocycles. The van der Waals surface area contributed by atoms with Gasteiger partial charge in [0.2, 0.25) is 0 Å². The highest BCUT2D eigenvalue weighted by Crippen LogP contribution is 2.33. The number of carbonyl (C=O) groups excluding carboxylic acids is 1. The number of rotatable bonds is 6. The standard InChI is InChI=1S/C17H16Cl2FNO3/c1-24-16-13(19)7-6-12(18)15(16)17(23)21-9-8-14(22)10-2-4-11(20)5-3-10/h2-7,14,22H,8-9H2,1H3,(H,21,23). The van der Waals surface area contributed by atoms with Crippen molar-refractivity contribution in [1.82, 2.24) is 5.32 Å². The monoisotopic (exact) mass is 371 g/mol. The molecule has 2 N–H and O–H groups in total. The van der Waals surface area contributed by atoms with Gasteiger partial charge < -0.3 is 15.2 Å². The molecule has 4 nitrogen and oxygen atoms in total. The van der Waals surface area contributed by atoms with E-state index in [0.29, 0.717) is 5.56 Å². The Morgan fingerprint density at radius 3 is 2.46 bits per heavy atom. The zero-order valence-corrected chi connectivity index (χ0v) is 14.4. The fourth-order valence-corrected chi connectivity index (χ4v) is 2.68. The summed E-state index contributed by atoms with van der Waals surface area (Å²) in [5.41, 5.74) is 0.715. The highest BCUT2D eigenvalue weighted by molar-refractivity contribution is 6.37. The highest BCUT2D eigenvalue weighted by atomic mass is 35.5. The number of amides is 1. The molecule has 1 amide bonds. The summed E-state index contributed by atoms with van der Waals surface area (Å²) in [5, 5.41) is 13.2. The zero-order valence-electron chi connectivity index (χ0n) is 12.9. The molecule has 0 bridgehead atoms. The molecule has 1 unspecified atom stereocenters. The molecule has 0 radical (unpaired) electrons. The first kappa shape index (κ1) is 18.5. The van der Waals surface area contributed by atoms with Crippen LogP contribution < -0.4 is 10.1 Å². The minimum atomic E-state index is -0.817. The minimum absolute atomic E-state index is 0.142. The number of benzene rings is 2. The van der Waals surface area contributed by atoms with Gasteiger partial charge in [0.05, 0.1) is 23.3 Å². The molecule has 0 fully saturated rings. The van der Waals surface area contributed by atoms with Crippen molar-refractivity contribution in [2.24, 2.45) is 0 Å². The topological polar surface area (TPSA) is 58.6 Å². The van der Waals surface area contributed by atoms with Gasteiger partial charge in [-0.1, -0.05) is 35.3 Å². The van der Waals surface area contributed by atoms with Gasteiger partial charge in [-0.25, -0.2) is 4.39 Å². The van der Waals surface area contributed by atoms with Crippen LogP contribution in [0.25, 0.3) is 0 Å². The average Bonchev–Trinajstić information content (AvgIpc) is 2.56. The van der Waals surface area contributed by atoms with Crippen LogP contribution in [-0.2, 0) is 0 Å². The van der Waals surface area contributed by atoms with Crippen molar-refractivity contribution in [1.29, 1.82) is 0 Å². The molecule has 0 aliphatic heterocycles. The summed E-state index contributed by atoms with van der Waals surface area (Å²) in [7, 11) is 1.40. The van der Waals surface area contributed by atoms with Crippen molar-refractivity contribution in [2.75, 3.05) is 13.7 Å². The number of halogens is 3. The second-order valence-corrected chi connectivity index (χ2v) is 5.86. The molecule has 7 heteroatoms. The Morgan fingerprint density at radius 2 is 1.83 bits per heavy atom. The number of ether oxygens (including phenoxy) is 1. The van der Waals surface area contributed by atoms with Crippen LogP contribution >= 0.6 is 23.2 Å². The van der Waals surface area contributed by atoms with Gasteiger partial charge in [0.1, 0.15) is 11.4 Å². The predicted molar refractivity (Wildman–Crippen MR) is 91.3 cm³/mol. The first-order chi connectivity index (χ1) is 11.4. The van der Waals surface area contributed by atoms with Gasteiger partial charge in [0.25, 0.3) is 5.91 Å². The summed E-state index contributed by atoms with van der Waals surface area (Å²) in [4.78, 5) is 12.3. The lowest BCUT2D eigenvalue weighted by Crippen LogP contribution is -2.26. The Labute approximate surface area is 149 Å². The fourth-order valence-electron chi connectivity index (χ4n) is 2.21. The number of carbonyl (C=O) groups is 1. The molecule has 0 spiro atoms. The number of nitrogens with one attached hydrogen (secondary N) is 1. The Hall–Kier alpha value is -1.82. The number of aliphatic hydroxyl groups is 1. The Kier molecular flexibility index (Phi) is 6.43. The quantitative estimate of drug-likeness (QED) is 0.806. The summed E-state index contributed by atoms with van der Waals surface area (Å²) in [6.45, 7) is 0.198. The number of methoxy groups -OCH3 is 1. The lowest BCUT2D eigenvalue weighted by atomic mass is 10.1. The summed E-state index contributed by atoms with van der Waals surface area (Å²) >= 11 is 12.0. The molecule has 0 saturated heterocycles. The largest absolute Gasteiger partial charge is 0.494 e. The third-order valence-electron chi connectivity index (χ3n) is 3.45. The number of hydrogen-bond donors (Lipinski definition) is 2. The normalized spacial score (nSPS) is 11.9. The Balaban J connectivity index is 1.99. The fraction of sp³-hybridized carbons (Fsp3) is 0.235. The maximum Gasteiger partial charge on any atom is 0.256 e. The van der Waals surface area contributed by atoms with Crippen molar-refractivity contribution < 1.29 is 19.0 Å². The van der Waals surface area contributed by atoms with E-state index in [-0.39, 0.29) is 40.1 Å². The van der Waals surface area contributed by atoms with Crippen LogP contribution in [0.1, 0.15) is 28.4 Å². The molecule has 24 heavy (non-hydrogen) atoms. The average molecular weight is 372 g/mol. The Morgan fingerprint density at radius 1 is 1.21 bits per heavy atom. The maximum atomic E-state index is 12.9. The molecule has 2 aromatic rings. The zero-order chi connectivity index (χ0) is 17.7. The van der Waals surface area contributed by atoms with E-state index in [2.05, 4.69) is 5.32 Å². The van der Waals surface area contributed by atoms with Crippen molar-refractivity contribution in [2.45, 2.75) is 12.5 Å². The van der Waals surface area contributed by atoms with Gasteiger partial charge in [-0.15, -0.1) is 0 Å². The van der Waals surface area contributed by atoms with E-state index in [1.807, 2.05) is 0 Å². The molecule has 128 valence electrons. The molecule has 2 rings (SSSR count). The van der Waals surface area contributed by atoms with Gasteiger partial charge >= 0.3 is 0 Å². The Bertz CT molecular complexity index is 723. The molecule has 0 saturated carbocycles. The lowest BCUT2D eigenvalue weighted by Gasteiger charge is -2.14. The van der Waals surface area contributed by atoms with Crippen LogP contribution in [-0.4, -0.2) is 24.7 Å². The lowest BCUT2D eigenvalue weighted by molar-refractivity contribution is 0.0940. The minimum Gasteiger partial charge on any atom is -0.494 e. The molecular formula is C17H16Cl2FNO3. The molecule has 2 aromatic carbocycles. The summed E-state index contributed by atoms with van der Waals surface area (Å²) in [5.74, 6) is -0.631.